The quantitative estimate of drug-likeness (QED) is 0.761. The maximum atomic E-state index is 13.0. The third kappa shape index (κ3) is 5.58. The summed E-state index contributed by atoms with van der Waals surface area (Å²) in [6.07, 6.45) is 2.71. The van der Waals surface area contributed by atoms with E-state index in [1.807, 2.05) is 30.3 Å². The molecule has 0 spiro atoms. The minimum atomic E-state index is -0.452. The highest BCUT2D eigenvalue weighted by molar-refractivity contribution is 5.79. The fraction of sp³-hybridized carbons (Fsp3) is 0.636. The van der Waals surface area contributed by atoms with Crippen LogP contribution in [0.4, 0.5) is 0 Å². The number of esters is 1. The van der Waals surface area contributed by atoms with Crippen molar-refractivity contribution in [3.8, 4) is 0 Å². The highest BCUT2D eigenvalue weighted by Crippen LogP contribution is 2.44. The molecule has 1 N–H and O–H groups in total. The van der Waals surface area contributed by atoms with E-state index in [2.05, 4.69) is 33.0 Å². The number of hydrogen-bond donors (Lipinski definition) is 1. The van der Waals surface area contributed by atoms with Gasteiger partial charge in [0.1, 0.15) is 6.10 Å². The predicted octanol–water partition coefficient (Wildman–Crippen LogP) is 4.51. The van der Waals surface area contributed by atoms with Gasteiger partial charge in [-0.25, -0.2) is 0 Å². The van der Waals surface area contributed by atoms with Crippen molar-refractivity contribution >= 4 is 11.9 Å². The lowest BCUT2D eigenvalue weighted by Crippen LogP contribution is -2.43. The summed E-state index contributed by atoms with van der Waals surface area (Å²) in [7, 11) is 0. The monoisotopic (exact) mass is 359 g/mol. The van der Waals surface area contributed by atoms with E-state index >= 15 is 0 Å². The van der Waals surface area contributed by atoms with Crippen molar-refractivity contribution in [1.82, 2.24) is 5.32 Å². The summed E-state index contributed by atoms with van der Waals surface area (Å²) < 4.78 is 5.44. The molecule has 0 bridgehead atoms. The Morgan fingerprint density at radius 1 is 1.23 bits per heavy atom. The zero-order chi connectivity index (χ0) is 19.3. The summed E-state index contributed by atoms with van der Waals surface area (Å²) in [6, 6.07) is 9.57. The molecule has 1 aliphatic rings. The van der Waals surface area contributed by atoms with Crippen LogP contribution in [0.1, 0.15) is 65.5 Å². The highest BCUT2D eigenvalue weighted by Gasteiger charge is 2.40. The second-order valence-electron chi connectivity index (χ2n) is 8.68. The molecule has 1 aromatic carbocycles. The van der Waals surface area contributed by atoms with Crippen molar-refractivity contribution in [2.24, 2.45) is 23.2 Å². The third-order valence-corrected chi connectivity index (χ3v) is 5.58. The molecule has 0 saturated heterocycles. The second-order valence-corrected chi connectivity index (χ2v) is 8.68. The van der Waals surface area contributed by atoms with Gasteiger partial charge in [-0.05, 0) is 42.1 Å². The first-order chi connectivity index (χ1) is 12.2. The molecule has 3 unspecified atom stereocenters. The van der Waals surface area contributed by atoms with E-state index in [1.165, 1.54) is 13.3 Å². The standard InChI is InChI=1S/C22H33NO3/c1-15(2)18-11-12-22(4,5)13-19(18)21(25)23-14-20(26-16(3)24)17-9-7-6-8-10-17/h6-10,15,18-20H,11-14H2,1-5H3,(H,23,25). The van der Waals surface area contributed by atoms with E-state index in [9.17, 15) is 9.59 Å². The molecule has 0 aliphatic heterocycles. The molecule has 0 heterocycles. The lowest BCUT2D eigenvalue weighted by molar-refractivity contribution is -0.147. The Morgan fingerprint density at radius 2 is 1.88 bits per heavy atom. The first kappa shape index (κ1) is 20.5. The maximum absolute atomic E-state index is 13.0. The molecule has 4 heteroatoms. The van der Waals surface area contributed by atoms with E-state index in [0.29, 0.717) is 18.4 Å². The van der Waals surface area contributed by atoms with Crippen LogP contribution in [0.5, 0.6) is 0 Å². The highest BCUT2D eigenvalue weighted by atomic mass is 16.5. The van der Waals surface area contributed by atoms with Gasteiger partial charge < -0.3 is 10.1 Å². The molecule has 1 fully saturated rings. The normalized spacial score (nSPS) is 23.3. The second kappa shape index (κ2) is 8.70. The number of hydrogen-bond acceptors (Lipinski definition) is 3. The van der Waals surface area contributed by atoms with Gasteiger partial charge in [-0.2, -0.15) is 0 Å². The fourth-order valence-corrected chi connectivity index (χ4v) is 4.11. The third-order valence-electron chi connectivity index (χ3n) is 5.58. The lowest BCUT2D eigenvalue weighted by Gasteiger charge is -2.41. The van der Waals surface area contributed by atoms with E-state index in [4.69, 9.17) is 4.74 Å². The predicted molar refractivity (Wildman–Crippen MR) is 103 cm³/mol. The van der Waals surface area contributed by atoms with Crippen LogP contribution in [0.3, 0.4) is 0 Å². The molecular formula is C22H33NO3. The van der Waals surface area contributed by atoms with Gasteiger partial charge in [0.2, 0.25) is 5.91 Å². The number of rotatable bonds is 6. The number of amides is 1. The van der Waals surface area contributed by atoms with Gasteiger partial charge in [-0.3, -0.25) is 9.59 Å². The van der Waals surface area contributed by atoms with Crippen molar-refractivity contribution in [3.05, 3.63) is 35.9 Å². The van der Waals surface area contributed by atoms with Gasteiger partial charge in [-0.1, -0.05) is 58.0 Å². The molecule has 144 valence electrons. The number of benzene rings is 1. The molecule has 1 aliphatic carbocycles. The Labute approximate surface area is 157 Å². The van der Waals surface area contributed by atoms with Crippen LogP contribution in [0, 0.1) is 23.2 Å². The SMILES string of the molecule is CC(=O)OC(CNC(=O)C1CC(C)(C)CCC1C(C)C)c1ccccc1. The van der Waals surface area contributed by atoms with Crippen LogP contribution in [0.2, 0.25) is 0 Å². The van der Waals surface area contributed by atoms with Gasteiger partial charge >= 0.3 is 5.97 Å². The van der Waals surface area contributed by atoms with Gasteiger partial charge in [-0.15, -0.1) is 0 Å². The minimum Gasteiger partial charge on any atom is -0.456 e. The molecule has 1 saturated carbocycles. The minimum absolute atomic E-state index is 0.0208. The Bertz CT molecular complexity index is 609. The molecule has 1 aromatic rings. The van der Waals surface area contributed by atoms with Crippen molar-refractivity contribution in [2.45, 2.75) is 60.0 Å². The molecule has 3 atom stereocenters. The number of nitrogens with one attached hydrogen (secondary N) is 1. The average molecular weight is 360 g/mol. The summed E-state index contributed by atoms with van der Waals surface area (Å²) >= 11 is 0. The Hall–Kier alpha value is -1.84. The molecule has 1 amide bonds. The summed E-state index contributed by atoms with van der Waals surface area (Å²) in [5, 5.41) is 3.06. The molecule has 0 aromatic heterocycles. The van der Waals surface area contributed by atoms with Gasteiger partial charge in [0.05, 0.1) is 6.54 Å². The number of ether oxygens (including phenoxy) is 1. The van der Waals surface area contributed by atoms with E-state index < -0.39 is 6.10 Å². The molecule has 2 rings (SSSR count). The van der Waals surface area contributed by atoms with Crippen molar-refractivity contribution in [3.63, 3.8) is 0 Å². The number of carbonyl (C=O) groups excluding carboxylic acids is 2. The van der Waals surface area contributed by atoms with Gasteiger partial charge in [0.15, 0.2) is 0 Å². The molecule has 4 nitrogen and oxygen atoms in total. The van der Waals surface area contributed by atoms with Gasteiger partial charge in [0, 0.05) is 12.8 Å². The average Bonchev–Trinajstić information content (AvgIpc) is 2.57. The first-order valence-electron chi connectivity index (χ1n) is 9.69. The van der Waals surface area contributed by atoms with Crippen molar-refractivity contribution < 1.29 is 14.3 Å². The Balaban J connectivity index is 2.06. The Kier molecular flexibility index (Phi) is 6.85. The fourth-order valence-electron chi connectivity index (χ4n) is 4.11. The zero-order valence-electron chi connectivity index (χ0n) is 16.7. The summed E-state index contributed by atoms with van der Waals surface area (Å²) in [5.74, 6) is 0.663. The van der Waals surface area contributed by atoms with Crippen LogP contribution in [0.15, 0.2) is 30.3 Å². The first-order valence-corrected chi connectivity index (χ1v) is 9.69. The summed E-state index contributed by atoms with van der Waals surface area (Å²) in [6.45, 7) is 10.6. The van der Waals surface area contributed by atoms with E-state index in [0.717, 1.165) is 18.4 Å². The smallest absolute Gasteiger partial charge is 0.303 e. The van der Waals surface area contributed by atoms with Crippen LogP contribution < -0.4 is 5.32 Å². The summed E-state index contributed by atoms with van der Waals surface area (Å²) in [4.78, 5) is 24.4. The van der Waals surface area contributed by atoms with Crippen LogP contribution in [-0.2, 0) is 14.3 Å². The largest absolute Gasteiger partial charge is 0.456 e. The van der Waals surface area contributed by atoms with E-state index in [1.54, 1.807) is 0 Å². The number of carbonyl (C=O) groups is 2. The van der Waals surface area contributed by atoms with E-state index in [-0.39, 0.29) is 23.2 Å². The molecule has 26 heavy (non-hydrogen) atoms. The van der Waals surface area contributed by atoms with Crippen LogP contribution in [0.25, 0.3) is 0 Å². The van der Waals surface area contributed by atoms with Gasteiger partial charge in [0.25, 0.3) is 0 Å². The topological polar surface area (TPSA) is 55.4 Å². The lowest BCUT2D eigenvalue weighted by atomic mass is 9.64. The molecule has 0 radical (unpaired) electrons. The Morgan fingerprint density at radius 3 is 2.46 bits per heavy atom. The van der Waals surface area contributed by atoms with Crippen LogP contribution in [-0.4, -0.2) is 18.4 Å². The van der Waals surface area contributed by atoms with Crippen molar-refractivity contribution in [2.75, 3.05) is 6.54 Å². The zero-order valence-corrected chi connectivity index (χ0v) is 16.7. The van der Waals surface area contributed by atoms with Crippen LogP contribution >= 0.6 is 0 Å². The maximum Gasteiger partial charge on any atom is 0.303 e. The summed E-state index contributed by atoms with van der Waals surface area (Å²) in [5.41, 5.74) is 1.09. The molecular weight excluding hydrogens is 326 g/mol. The van der Waals surface area contributed by atoms with Crippen molar-refractivity contribution in [1.29, 1.82) is 0 Å².